The van der Waals surface area contributed by atoms with E-state index in [9.17, 15) is 4.79 Å². The molecule has 0 fully saturated rings. The molecular formula is C14H19NO2. The molecular weight excluding hydrogens is 214 g/mol. The van der Waals surface area contributed by atoms with Crippen LogP contribution in [0.25, 0.3) is 0 Å². The van der Waals surface area contributed by atoms with Crippen LogP contribution in [0.15, 0.2) is 24.3 Å². The van der Waals surface area contributed by atoms with Gasteiger partial charge < -0.3 is 9.64 Å². The zero-order chi connectivity index (χ0) is 12.3. The van der Waals surface area contributed by atoms with Gasteiger partial charge in [0, 0.05) is 19.3 Å². The van der Waals surface area contributed by atoms with Crippen LogP contribution in [0.3, 0.4) is 0 Å². The number of hydrogen-bond acceptors (Lipinski definition) is 2. The highest BCUT2D eigenvalue weighted by Crippen LogP contribution is 2.33. The van der Waals surface area contributed by atoms with Crippen molar-refractivity contribution in [2.75, 3.05) is 25.2 Å². The average molecular weight is 233 g/mol. The van der Waals surface area contributed by atoms with Crippen LogP contribution >= 0.6 is 0 Å². The summed E-state index contributed by atoms with van der Waals surface area (Å²) in [6.07, 6.45) is 2.18. The van der Waals surface area contributed by atoms with Gasteiger partial charge in [0.15, 0.2) is 0 Å². The molecule has 0 saturated carbocycles. The van der Waals surface area contributed by atoms with Gasteiger partial charge in [0.05, 0.1) is 0 Å². The number of rotatable bonds is 2. The topological polar surface area (TPSA) is 29.5 Å². The van der Waals surface area contributed by atoms with Crippen LogP contribution in [-0.4, -0.2) is 26.2 Å². The number of methoxy groups -OCH3 is 1. The maximum Gasteiger partial charge on any atom is 0.252 e. The second-order valence-electron chi connectivity index (χ2n) is 4.58. The fourth-order valence-corrected chi connectivity index (χ4v) is 2.44. The third-order valence-corrected chi connectivity index (χ3v) is 3.35. The smallest absolute Gasteiger partial charge is 0.252 e. The van der Waals surface area contributed by atoms with Crippen LogP contribution in [0.2, 0.25) is 0 Å². The fourth-order valence-electron chi connectivity index (χ4n) is 2.44. The Hall–Kier alpha value is -1.35. The van der Waals surface area contributed by atoms with Crippen molar-refractivity contribution >= 4 is 11.6 Å². The van der Waals surface area contributed by atoms with Gasteiger partial charge >= 0.3 is 0 Å². The monoisotopic (exact) mass is 233 g/mol. The van der Waals surface area contributed by atoms with E-state index in [1.165, 1.54) is 5.56 Å². The Kier molecular flexibility index (Phi) is 3.79. The number of hydrogen-bond donors (Lipinski definition) is 0. The molecule has 1 heterocycles. The minimum absolute atomic E-state index is 0.0500. The lowest BCUT2D eigenvalue weighted by Gasteiger charge is -2.23. The van der Waals surface area contributed by atoms with Crippen molar-refractivity contribution in [2.24, 2.45) is 0 Å². The number of nitrogens with zero attached hydrogens (tertiary/aromatic N) is 1. The highest BCUT2D eigenvalue weighted by molar-refractivity contribution is 5.95. The first-order valence-electron chi connectivity index (χ1n) is 6.12. The van der Waals surface area contributed by atoms with Crippen molar-refractivity contribution in [1.29, 1.82) is 0 Å². The molecule has 1 atom stereocenters. The normalized spacial score (nSPS) is 19.6. The van der Waals surface area contributed by atoms with Crippen LogP contribution in [0.4, 0.5) is 5.69 Å². The molecule has 0 aromatic heterocycles. The Morgan fingerprint density at radius 2 is 2.24 bits per heavy atom. The molecule has 1 aliphatic heterocycles. The van der Waals surface area contributed by atoms with Gasteiger partial charge in [-0.05, 0) is 30.4 Å². The van der Waals surface area contributed by atoms with E-state index in [0.717, 1.165) is 25.1 Å². The summed E-state index contributed by atoms with van der Waals surface area (Å²) < 4.78 is 4.95. The quantitative estimate of drug-likeness (QED) is 0.785. The summed E-state index contributed by atoms with van der Waals surface area (Å²) in [5.41, 5.74) is 2.33. The number of para-hydroxylation sites is 1. The van der Waals surface area contributed by atoms with Gasteiger partial charge in [0.1, 0.15) is 6.61 Å². The van der Waals surface area contributed by atoms with Crippen LogP contribution in [0, 0.1) is 0 Å². The molecule has 3 nitrogen and oxygen atoms in total. The van der Waals surface area contributed by atoms with E-state index >= 15 is 0 Å². The molecule has 0 spiro atoms. The molecule has 0 N–H and O–H groups in total. The van der Waals surface area contributed by atoms with Crippen molar-refractivity contribution in [1.82, 2.24) is 0 Å². The number of carbonyl (C=O) groups is 1. The van der Waals surface area contributed by atoms with E-state index in [0.29, 0.717) is 5.92 Å². The third kappa shape index (κ3) is 2.50. The molecule has 0 aliphatic carbocycles. The molecule has 0 saturated heterocycles. The summed E-state index contributed by atoms with van der Waals surface area (Å²) >= 11 is 0. The summed E-state index contributed by atoms with van der Waals surface area (Å²) in [6, 6.07) is 8.19. The molecule has 2 rings (SSSR count). The molecule has 0 bridgehead atoms. The minimum Gasteiger partial charge on any atom is -0.375 e. The zero-order valence-corrected chi connectivity index (χ0v) is 10.5. The van der Waals surface area contributed by atoms with Gasteiger partial charge in [0.25, 0.3) is 5.91 Å². The fraction of sp³-hybridized carbons (Fsp3) is 0.500. The summed E-state index contributed by atoms with van der Waals surface area (Å²) in [6.45, 7) is 3.18. The van der Waals surface area contributed by atoms with Gasteiger partial charge in [-0.2, -0.15) is 0 Å². The predicted molar refractivity (Wildman–Crippen MR) is 68.3 cm³/mol. The second kappa shape index (κ2) is 5.32. The van der Waals surface area contributed by atoms with Crippen LogP contribution < -0.4 is 4.90 Å². The SMILES string of the molecule is COCC(=O)N1CCCC(C)c2ccccc21. The van der Waals surface area contributed by atoms with E-state index < -0.39 is 0 Å². The first kappa shape index (κ1) is 12.1. The molecule has 1 aromatic carbocycles. The average Bonchev–Trinajstić information content (AvgIpc) is 2.50. The number of carbonyl (C=O) groups excluding carboxylic acids is 1. The maximum absolute atomic E-state index is 12.0. The van der Waals surface area contributed by atoms with Crippen molar-refractivity contribution < 1.29 is 9.53 Å². The molecule has 1 unspecified atom stereocenters. The van der Waals surface area contributed by atoms with Gasteiger partial charge in [0.2, 0.25) is 0 Å². The summed E-state index contributed by atoms with van der Waals surface area (Å²) in [5.74, 6) is 0.570. The first-order valence-corrected chi connectivity index (χ1v) is 6.12. The third-order valence-electron chi connectivity index (χ3n) is 3.35. The lowest BCUT2D eigenvalue weighted by atomic mass is 9.96. The molecule has 17 heavy (non-hydrogen) atoms. The van der Waals surface area contributed by atoms with Crippen LogP contribution in [-0.2, 0) is 9.53 Å². The number of fused-ring (bicyclic) bond motifs is 1. The van der Waals surface area contributed by atoms with Crippen molar-refractivity contribution in [3.63, 3.8) is 0 Å². The van der Waals surface area contributed by atoms with Crippen molar-refractivity contribution in [2.45, 2.75) is 25.7 Å². The Balaban J connectivity index is 2.35. The van der Waals surface area contributed by atoms with Crippen molar-refractivity contribution in [3.8, 4) is 0 Å². The summed E-state index contributed by atoms with van der Waals surface area (Å²) in [7, 11) is 1.56. The van der Waals surface area contributed by atoms with Gasteiger partial charge in [-0.3, -0.25) is 4.79 Å². The Labute approximate surface area is 102 Å². The largest absolute Gasteiger partial charge is 0.375 e. The van der Waals surface area contributed by atoms with E-state index in [1.54, 1.807) is 7.11 Å². The van der Waals surface area contributed by atoms with Crippen molar-refractivity contribution in [3.05, 3.63) is 29.8 Å². The Bertz CT molecular complexity index is 403. The molecule has 1 amide bonds. The van der Waals surface area contributed by atoms with Gasteiger partial charge in [-0.1, -0.05) is 25.1 Å². The number of benzene rings is 1. The second-order valence-corrected chi connectivity index (χ2v) is 4.58. The number of ether oxygens (including phenoxy) is 1. The zero-order valence-electron chi connectivity index (χ0n) is 10.5. The van der Waals surface area contributed by atoms with Gasteiger partial charge in [-0.25, -0.2) is 0 Å². The van der Waals surface area contributed by atoms with E-state index in [1.807, 2.05) is 23.1 Å². The first-order chi connectivity index (χ1) is 8.24. The highest BCUT2D eigenvalue weighted by Gasteiger charge is 2.23. The lowest BCUT2D eigenvalue weighted by molar-refractivity contribution is -0.122. The van der Waals surface area contributed by atoms with E-state index in [-0.39, 0.29) is 12.5 Å². The lowest BCUT2D eigenvalue weighted by Crippen LogP contribution is -2.34. The van der Waals surface area contributed by atoms with E-state index in [2.05, 4.69) is 13.0 Å². The van der Waals surface area contributed by atoms with Gasteiger partial charge in [-0.15, -0.1) is 0 Å². The van der Waals surface area contributed by atoms with Crippen LogP contribution in [0.5, 0.6) is 0 Å². The summed E-state index contributed by atoms with van der Waals surface area (Å²) in [4.78, 5) is 13.9. The summed E-state index contributed by atoms with van der Waals surface area (Å²) in [5, 5.41) is 0. The maximum atomic E-state index is 12.0. The minimum atomic E-state index is 0.0500. The van der Waals surface area contributed by atoms with E-state index in [4.69, 9.17) is 4.74 Å². The highest BCUT2D eigenvalue weighted by atomic mass is 16.5. The van der Waals surface area contributed by atoms with Crippen LogP contribution in [0.1, 0.15) is 31.2 Å². The standard InChI is InChI=1S/C14H19NO2/c1-11-6-5-9-15(14(16)10-17-2)13-8-4-3-7-12(11)13/h3-4,7-8,11H,5-6,9-10H2,1-2H3. The molecule has 0 radical (unpaired) electrons. The molecule has 92 valence electrons. The molecule has 3 heteroatoms. The number of anilines is 1. The Morgan fingerprint density at radius 3 is 3.00 bits per heavy atom. The Morgan fingerprint density at radius 1 is 1.47 bits per heavy atom. The predicted octanol–water partition coefficient (Wildman–Crippen LogP) is 2.56. The molecule has 1 aliphatic rings. The number of amides is 1. The molecule has 1 aromatic rings.